The quantitative estimate of drug-likeness (QED) is 0.546. The maximum Gasteiger partial charge on any atom is 0.304 e. The molecule has 0 bridgehead atoms. The summed E-state index contributed by atoms with van der Waals surface area (Å²) >= 11 is 0. The van der Waals surface area contributed by atoms with Crippen LogP contribution >= 0.6 is 0 Å². The van der Waals surface area contributed by atoms with E-state index in [-0.39, 0.29) is 11.9 Å². The molecular weight excluding hydrogens is 182 g/mol. The van der Waals surface area contributed by atoms with E-state index in [0.29, 0.717) is 6.42 Å². The molecule has 1 saturated heterocycles. The van der Waals surface area contributed by atoms with Crippen LogP contribution in [0.15, 0.2) is 0 Å². The fourth-order valence-corrected chi connectivity index (χ4v) is 1.96. The fraction of sp³-hybridized carbons (Fsp3) is 0.800. The number of carbonyl (C=O) groups is 2. The molecule has 1 fully saturated rings. The Morgan fingerprint density at radius 2 is 2.21 bits per heavy atom. The number of hydrogen-bond acceptors (Lipinski definition) is 3. The number of esters is 1. The lowest BCUT2D eigenvalue weighted by molar-refractivity contribution is -0.184. The molecule has 0 radical (unpaired) electrons. The molecule has 0 aromatic rings. The zero-order valence-corrected chi connectivity index (χ0v) is 8.92. The Hall–Kier alpha value is -1.06. The number of rotatable bonds is 4. The van der Waals surface area contributed by atoms with Crippen LogP contribution < -0.4 is 5.32 Å². The largest absolute Gasteiger partial charge is 0.441 e. The maximum absolute atomic E-state index is 11.5. The number of ether oxygens (including phenoxy) is 1. The first-order chi connectivity index (χ1) is 6.56. The lowest BCUT2D eigenvalue weighted by Crippen LogP contribution is -2.68. The van der Waals surface area contributed by atoms with Gasteiger partial charge in [-0.1, -0.05) is 20.3 Å². The first-order valence-electron chi connectivity index (χ1n) is 5.05. The molecule has 0 spiro atoms. The molecule has 2 atom stereocenters. The van der Waals surface area contributed by atoms with Crippen molar-refractivity contribution in [2.45, 2.75) is 46.3 Å². The van der Waals surface area contributed by atoms with Gasteiger partial charge in [0.2, 0.25) is 5.91 Å². The van der Waals surface area contributed by atoms with Gasteiger partial charge in [-0.15, -0.1) is 0 Å². The molecule has 1 heterocycles. The van der Waals surface area contributed by atoms with Crippen LogP contribution in [0.1, 0.15) is 40.0 Å². The standard InChI is InChI=1S/C10H17NO3/c1-4-6-10(5-2)8(13)11-9(10)14-7(3)12/h9H,4-6H2,1-3H3,(H,11,13)/t9?,10-/m0/s1. The van der Waals surface area contributed by atoms with E-state index < -0.39 is 11.6 Å². The predicted molar refractivity (Wildman–Crippen MR) is 51.3 cm³/mol. The summed E-state index contributed by atoms with van der Waals surface area (Å²) in [5.41, 5.74) is -0.472. The van der Waals surface area contributed by atoms with Crippen LogP contribution in [0.2, 0.25) is 0 Å². The Balaban J connectivity index is 2.70. The van der Waals surface area contributed by atoms with Crippen molar-refractivity contribution < 1.29 is 14.3 Å². The van der Waals surface area contributed by atoms with E-state index in [2.05, 4.69) is 5.32 Å². The Bertz CT molecular complexity index is 252. The first-order valence-corrected chi connectivity index (χ1v) is 5.05. The van der Waals surface area contributed by atoms with Crippen molar-refractivity contribution in [3.63, 3.8) is 0 Å². The number of nitrogens with one attached hydrogen (secondary N) is 1. The highest BCUT2D eigenvalue weighted by molar-refractivity contribution is 5.90. The Morgan fingerprint density at radius 1 is 1.57 bits per heavy atom. The van der Waals surface area contributed by atoms with Gasteiger partial charge < -0.3 is 10.1 Å². The van der Waals surface area contributed by atoms with Crippen LogP contribution in [-0.4, -0.2) is 18.1 Å². The SMILES string of the molecule is CCC[C@@]1(CC)C(=O)NC1OC(C)=O. The molecule has 4 nitrogen and oxygen atoms in total. The van der Waals surface area contributed by atoms with E-state index in [1.807, 2.05) is 13.8 Å². The third kappa shape index (κ3) is 1.61. The molecule has 0 aliphatic carbocycles. The predicted octanol–water partition coefficient (Wildman–Crippen LogP) is 1.20. The smallest absolute Gasteiger partial charge is 0.304 e. The summed E-state index contributed by atoms with van der Waals surface area (Å²) in [6, 6.07) is 0. The minimum atomic E-state index is -0.472. The van der Waals surface area contributed by atoms with Crippen molar-refractivity contribution in [3.8, 4) is 0 Å². The average Bonchev–Trinajstić information content (AvgIpc) is 2.12. The fourth-order valence-electron chi connectivity index (χ4n) is 1.96. The van der Waals surface area contributed by atoms with Crippen LogP contribution in [0.5, 0.6) is 0 Å². The van der Waals surface area contributed by atoms with Gasteiger partial charge >= 0.3 is 5.97 Å². The second-order valence-electron chi connectivity index (χ2n) is 3.72. The van der Waals surface area contributed by atoms with E-state index in [9.17, 15) is 9.59 Å². The summed E-state index contributed by atoms with van der Waals surface area (Å²) in [4.78, 5) is 22.3. The summed E-state index contributed by atoms with van der Waals surface area (Å²) in [6.07, 6.45) is 1.98. The molecule has 1 aliphatic rings. The Kier molecular flexibility index (Phi) is 3.13. The van der Waals surface area contributed by atoms with Crippen LogP contribution in [0, 0.1) is 5.41 Å². The molecule has 4 heteroatoms. The average molecular weight is 199 g/mol. The second-order valence-corrected chi connectivity index (χ2v) is 3.72. The van der Waals surface area contributed by atoms with E-state index >= 15 is 0 Å². The molecule has 1 amide bonds. The summed E-state index contributed by atoms with van der Waals surface area (Å²) in [7, 11) is 0. The maximum atomic E-state index is 11.5. The molecule has 0 saturated carbocycles. The molecule has 14 heavy (non-hydrogen) atoms. The minimum Gasteiger partial charge on any atom is -0.441 e. The topological polar surface area (TPSA) is 55.4 Å². The first kappa shape index (κ1) is 11.0. The highest BCUT2D eigenvalue weighted by Crippen LogP contribution is 2.39. The van der Waals surface area contributed by atoms with Gasteiger partial charge in [-0.3, -0.25) is 9.59 Å². The molecule has 0 aromatic heterocycles. The molecule has 80 valence electrons. The lowest BCUT2D eigenvalue weighted by Gasteiger charge is -2.46. The Morgan fingerprint density at radius 3 is 2.57 bits per heavy atom. The summed E-state index contributed by atoms with van der Waals surface area (Å²) < 4.78 is 5.05. The van der Waals surface area contributed by atoms with E-state index in [1.165, 1.54) is 6.92 Å². The van der Waals surface area contributed by atoms with Gasteiger partial charge in [-0.05, 0) is 12.8 Å². The number of amides is 1. The van der Waals surface area contributed by atoms with Crippen molar-refractivity contribution in [1.29, 1.82) is 0 Å². The zero-order chi connectivity index (χ0) is 10.8. The van der Waals surface area contributed by atoms with Gasteiger partial charge in [0, 0.05) is 6.92 Å². The van der Waals surface area contributed by atoms with Gasteiger partial charge in [0.1, 0.15) is 5.41 Å². The van der Waals surface area contributed by atoms with Crippen molar-refractivity contribution in [1.82, 2.24) is 5.32 Å². The van der Waals surface area contributed by atoms with Crippen LogP contribution in [0.4, 0.5) is 0 Å². The summed E-state index contributed by atoms with van der Waals surface area (Å²) in [6.45, 7) is 5.33. The normalized spacial score (nSPS) is 30.5. The molecule has 1 aliphatic heterocycles. The third-order valence-electron chi connectivity index (χ3n) is 2.83. The number of carbonyl (C=O) groups excluding carboxylic acids is 2. The molecule has 0 aromatic carbocycles. The van der Waals surface area contributed by atoms with Crippen LogP contribution in [-0.2, 0) is 14.3 Å². The van der Waals surface area contributed by atoms with Gasteiger partial charge in [0.25, 0.3) is 0 Å². The van der Waals surface area contributed by atoms with E-state index in [0.717, 1.165) is 12.8 Å². The van der Waals surface area contributed by atoms with Gasteiger partial charge in [-0.2, -0.15) is 0 Å². The Labute approximate surface area is 84.0 Å². The summed E-state index contributed by atoms with van der Waals surface area (Å²) in [5.74, 6) is -0.336. The minimum absolute atomic E-state index is 0.00750. The molecule has 1 rings (SSSR count). The van der Waals surface area contributed by atoms with E-state index in [1.54, 1.807) is 0 Å². The van der Waals surface area contributed by atoms with E-state index in [4.69, 9.17) is 4.74 Å². The highest BCUT2D eigenvalue weighted by Gasteiger charge is 2.55. The van der Waals surface area contributed by atoms with Gasteiger partial charge in [0.05, 0.1) is 0 Å². The molecular formula is C10H17NO3. The van der Waals surface area contributed by atoms with Gasteiger partial charge in [-0.25, -0.2) is 0 Å². The van der Waals surface area contributed by atoms with Crippen molar-refractivity contribution >= 4 is 11.9 Å². The number of β-lactam (4-membered cyclic amide) rings is 1. The third-order valence-corrected chi connectivity index (χ3v) is 2.83. The van der Waals surface area contributed by atoms with Crippen molar-refractivity contribution in [2.75, 3.05) is 0 Å². The monoisotopic (exact) mass is 199 g/mol. The molecule has 1 N–H and O–H groups in total. The van der Waals surface area contributed by atoms with Crippen LogP contribution in [0.3, 0.4) is 0 Å². The van der Waals surface area contributed by atoms with Crippen LogP contribution in [0.25, 0.3) is 0 Å². The second kappa shape index (κ2) is 3.98. The lowest BCUT2D eigenvalue weighted by atomic mass is 9.72. The highest BCUT2D eigenvalue weighted by atomic mass is 16.6. The summed E-state index contributed by atoms with van der Waals surface area (Å²) in [5, 5.41) is 2.62. The number of hydrogen-bond donors (Lipinski definition) is 1. The van der Waals surface area contributed by atoms with Gasteiger partial charge in [0.15, 0.2) is 6.23 Å². The zero-order valence-electron chi connectivity index (χ0n) is 8.92. The van der Waals surface area contributed by atoms with Crippen molar-refractivity contribution in [3.05, 3.63) is 0 Å². The molecule has 1 unspecified atom stereocenters. The van der Waals surface area contributed by atoms with Crippen molar-refractivity contribution in [2.24, 2.45) is 5.41 Å².